The Kier molecular flexibility index (Phi) is 3.86. The maximum absolute atomic E-state index is 15.5. The molecule has 0 aliphatic carbocycles. The molecule has 1 aromatic heterocycles. The zero-order valence-electron chi connectivity index (χ0n) is 15.2. The zero-order chi connectivity index (χ0) is 19.8. The van der Waals surface area contributed by atoms with E-state index in [1.807, 2.05) is 0 Å². The summed E-state index contributed by atoms with van der Waals surface area (Å²) in [4.78, 5) is 0. The average molecular weight is 439 g/mol. The second-order valence-electron chi connectivity index (χ2n) is 7.08. The quantitative estimate of drug-likeness (QED) is 0.312. The van der Waals surface area contributed by atoms with Crippen LogP contribution in [0.25, 0.3) is 5.57 Å². The van der Waals surface area contributed by atoms with Crippen molar-refractivity contribution in [2.75, 3.05) is 0 Å². The first kappa shape index (κ1) is 18.3. The van der Waals surface area contributed by atoms with Crippen molar-refractivity contribution < 1.29 is 21.9 Å². The smallest absolute Gasteiger partial charge is 0.393 e. The number of benzene rings is 1. The lowest BCUT2D eigenvalue weighted by Crippen LogP contribution is -2.51. The molecule has 1 aromatic carbocycles. The van der Waals surface area contributed by atoms with Crippen molar-refractivity contribution in [1.29, 1.82) is 0 Å². The van der Waals surface area contributed by atoms with Gasteiger partial charge in [-0.2, -0.15) is 0 Å². The van der Waals surface area contributed by atoms with Gasteiger partial charge in [0.15, 0.2) is 5.70 Å². The summed E-state index contributed by atoms with van der Waals surface area (Å²) in [5.74, 6) is -1.33. The van der Waals surface area contributed by atoms with Crippen LogP contribution in [0.15, 0.2) is 40.0 Å². The number of rotatable bonds is 1. The van der Waals surface area contributed by atoms with Gasteiger partial charge < -0.3 is 17.6 Å². The summed E-state index contributed by atoms with van der Waals surface area (Å²) in [7, 11) is 0. The summed E-state index contributed by atoms with van der Waals surface area (Å²) in [6.45, 7) is 2.46. The lowest BCUT2D eigenvalue weighted by Gasteiger charge is -2.34. The molecule has 0 fully saturated rings. The van der Waals surface area contributed by atoms with Gasteiger partial charge in [0.2, 0.25) is 0 Å². The summed E-state index contributed by atoms with van der Waals surface area (Å²) < 4.78 is 62.0. The van der Waals surface area contributed by atoms with Gasteiger partial charge in [0.1, 0.15) is 17.3 Å². The second-order valence-corrected chi connectivity index (χ2v) is 7.94. The van der Waals surface area contributed by atoms with Crippen LogP contribution in [0.3, 0.4) is 0 Å². The van der Waals surface area contributed by atoms with Crippen molar-refractivity contribution in [3.63, 3.8) is 0 Å². The van der Waals surface area contributed by atoms with Crippen LogP contribution in [0.4, 0.5) is 17.4 Å². The molecule has 8 heteroatoms. The summed E-state index contributed by atoms with van der Waals surface area (Å²) in [5, 5.41) is 0. The molecule has 2 aromatic rings. The molecule has 2 aliphatic heterocycles. The first-order valence-electron chi connectivity index (χ1n) is 8.47. The number of nitrogens with zero attached hydrogens (tertiary/aromatic N) is 2. The summed E-state index contributed by atoms with van der Waals surface area (Å²) in [6, 6.07) is 3.74. The molecule has 27 heavy (non-hydrogen) atoms. The van der Waals surface area contributed by atoms with Crippen LogP contribution in [0.5, 0.6) is 0 Å². The van der Waals surface area contributed by atoms with Crippen molar-refractivity contribution in [2.45, 2.75) is 27.7 Å². The molecule has 0 spiro atoms. The van der Waals surface area contributed by atoms with E-state index in [9.17, 15) is 8.78 Å². The minimum absolute atomic E-state index is 0.0127. The highest BCUT2D eigenvalue weighted by Crippen LogP contribution is 2.45. The number of halogens is 5. The molecule has 3 heterocycles. The molecule has 0 atom stereocenters. The number of fused-ring (bicyclic) bond motifs is 2. The highest BCUT2D eigenvalue weighted by atomic mass is 79.9. The van der Waals surface area contributed by atoms with Gasteiger partial charge in [-0.1, -0.05) is 0 Å². The maximum atomic E-state index is 15.5. The van der Waals surface area contributed by atoms with E-state index in [-0.39, 0.29) is 27.0 Å². The number of aromatic nitrogens is 1. The van der Waals surface area contributed by atoms with E-state index < -0.39 is 18.6 Å². The molecular formula is C19H16BBrF4N2. The van der Waals surface area contributed by atoms with Crippen molar-refractivity contribution >= 4 is 34.2 Å². The van der Waals surface area contributed by atoms with E-state index >= 15 is 8.63 Å². The average Bonchev–Trinajstić information content (AvgIpc) is 3.02. The zero-order valence-corrected chi connectivity index (χ0v) is 16.8. The molecule has 0 N–H and O–H groups in total. The number of allylic oxidation sites excluding steroid dienone is 2. The maximum Gasteiger partial charge on any atom is 0.737 e. The Balaban J connectivity index is 2.21. The van der Waals surface area contributed by atoms with E-state index in [4.69, 9.17) is 0 Å². The molecular weight excluding hydrogens is 423 g/mol. The Labute approximate surface area is 162 Å². The Hall–Kier alpha value is -2.09. The highest BCUT2D eigenvalue weighted by molar-refractivity contribution is 9.10. The first-order chi connectivity index (χ1) is 12.6. The molecule has 0 unspecified atom stereocenters. The van der Waals surface area contributed by atoms with Crippen LogP contribution < -0.4 is 0 Å². The molecule has 0 radical (unpaired) electrons. The van der Waals surface area contributed by atoms with Crippen LogP contribution in [-0.4, -0.2) is 21.6 Å². The fourth-order valence-electron chi connectivity index (χ4n) is 4.27. The van der Waals surface area contributed by atoms with E-state index in [1.54, 1.807) is 39.8 Å². The fraction of sp³-hybridized carbons (Fsp3) is 0.211. The SMILES string of the molecule is CC1=CC(C)=[N+]2C1=C(c1cc(F)c(Br)cc1F)c1c(C)cc(C)n1[B-]2(F)F. The first-order valence-corrected chi connectivity index (χ1v) is 9.27. The Morgan fingerprint density at radius 3 is 2.33 bits per heavy atom. The largest absolute Gasteiger partial charge is 0.737 e. The second kappa shape index (κ2) is 5.71. The third-order valence-electron chi connectivity index (χ3n) is 5.21. The Morgan fingerprint density at radius 2 is 1.67 bits per heavy atom. The number of hydrogen-bond acceptors (Lipinski definition) is 0. The fourth-order valence-corrected chi connectivity index (χ4v) is 4.58. The van der Waals surface area contributed by atoms with Crippen LogP contribution in [0.2, 0.25) is 0 Å². The highest BCUT2D eigenvalue weighted by Gasteiger charge is 2.55. The Morgan fingerprint density at radius 1 is 1.00 bits per heavy atom. The van der Waals surface area contributed by atoms with E-state index in [0.29, 0.717) is 22.5 Å². The van der Waals surface area contributed by atoms with Crippen molar-refractivity contribution in [3.05, 3.63) is 74.2 Å². The molecule has 4 rings (SSSR count). The van der Waals surface area contributed by atoms with Crippen molar-refractivity contribution in [2.24, 2.45) is 0 Å². The number of aryl methyl sites for hydroxylation is 2. The summed E-state index contributed by atoms with van der Waals surface area (Å²) in [6.07, 6.45) is 1.65. The van der Waals surface area contributed by atoms with E-state index in [2.05, 4.69) is 15.9 Å². The monoisotopic (exact) mass is 438 g/mol. The molecule has 0 saturated carbocycles. The normalized spacial score (nSPS) is 18.0. The third-order valence-corrected chi connectivity index (χ3v) is 5.82. The molecule has 2 aliphatic rings. The van der Waals surface area contributed by atoms with Gasteiger partial charge >= 0.3 is 6.97 Å². The third kappa shape index (κ3) is 2.35. The minimum atomic E-state index is -4.14. The lowest BCUT2D eigenvalue weighted by molar-refractivity contribution is -0.363. The van der Waals surface area contributed by atoms with Gasteiger partial charge in [0.05, 0.1) is 10.0 Å². The Bertz CT molecular complexity index is 1130. The van der Waals surface area contributed by atoms with Crippen LogP contribution in [0.1, 0.15) is 36.4 Å². The van der Waals surface area contributed by atoms with Crippen LogP contribution in [0, 0.1) is 25.5 Å². The molecule has 0 saturated heterocycles. The molecule has 0 bridgehead atoms. The topological polar surface area (TPSA) is 7.94 Å². The van der Waals surface area contributed by atoms with Gasteiger partial charge in [0, 0.05) is 29.8 Å². The lowest BCUT2D eigenvalue weighted by atomic mass is 9.83. The molecule has 2 nitrogen and oxygen atoms in total. The van der Waals surface area contributed by atoms with Gasteiger partial charge in [-0.15, -0.1) is 0 Å². The van der Waals surface area contributed by atoms with Crippen LogP contribution in [-0.2, 0) is 0 Å². The molecule has 0 amide bonds. The van der Waals surface area contributed by atoms with Gasteiger partial charge in [-0.05, 0) is 66.2 Å². The predicted molar refractivity (Wildman–Crippen MR) is 102 cm³/mol. The predicted octanol–water partition coefficient (Wildman–Crippen LogP) is 5.57. The van der Waals surface area contributed by atoms with E-state index in [1.165, 1.54) is 0 Å². The summed E-state index contributed by atoms with van der Waals surface area (Å²) in [5.41, 5.74) is 2.64. The van der Waals surface area contributed by atoms with Gasteiger partial charge in [-0.25, -0.2) is 8.78 Å². The minimum Gasteiger partial charge on any atom is -0.393 e. The number of hydrogen-bond donors (Lipinski definition) is 0. The molecule has 140 valence electrons. The standard InChI is InChI=1S/C19H16BBrF4N2/c1-9-5-11(3)26-18(9)17(13-7-16(23)14(21)8-15(13)22)19-10(2)6-12(4)27(19)20(26,24)25/h5-8H,1-4H3. The summed E-state index contributed by atoms with van der Waals surface area (Å²) >= 11 is 2.97. The van der Waals surface area contributed by atoms with Crippen molar-refractivity contribution in [3.8, 4) is 0 Å². The van der Waals surface area contributed by atoms with Crippen LogP contribution >= 0.6 is 15.9 Å². The van der Waals surface area contributed by atoms with Gasteiger partial charge in [0.25, 0.3) is 0 Å². The van der Waals surface area contributed by atoms with Gasteiger partial charge in [-0.3, -0.25) is 0 Å². The van der Waals surface area contributed by atoms with Crippen molar-refractivity contribution in [1.82, 2.24) is 4.48 Å². The van der Waals surface area contributed by atoms with E-state index in [0.717, 1.165) is 21.1 Å².